The van der Waals surface area contributed by atoms with E-state index in [1.165, 1.54) is 30.0 Å². The summed E-state index contributed by atoms with van der Waals surface area (Å²) in [5.41, 5.74) is 3.33. The van der Waals surface area contributed by atoms with Gasteiger partial charge in [0.15, 0.2) is 0 Å². The Hall–Kier alpha value is -2.79. The molecule has 0 N–H and O–H groups in total. The molecule has 1 aromatic heterocycles. The number of halogens is 2. The van der Waals surface area contributed by atoms with Crippen molar-refractivity contribution in [2.75, 3.05) is 37.6 Å². The van der Waals surface area contributed by atoms with E-state index >= 15 is 0 Å². The average molecular weight is 408 g/mol. The molecule has 156 valence electrons. The van der Waals surface area contributed by atoms with Crippen LogP contribution in [-0.4, -0.2) is 42.6 Å². The van der Waals surface area contributed by atoms with Crippen LogP contribution in [0.5, 0.6) is 0 Å². The number of piperazine rings is 1. The fraction of sp³-hybridized carbons (Fsp3) is 0.320. The van der Waals surface area contributed by atoms with Crippen LogP contribution in [0.3, 0.4) is 0 Å². The van der Waals surface area contributed by atoms with E-state index in [1.807, 2.05) is 36.5 Å². The Bertz CT molecular complexity index is 860. The lowest BCUT2D eigenvalue weighted by Crippen LogP contribution is -2.46. The summed E-state index contributed by atoms with van der Waals surface area (Å²) in [5.74, 6) is -0.325. The predicted molar refractivity (Wildman–Crippen MR) is 117 cm³/mol. The van der Waals surface area contributed by atoms with Crippen molar-refractivity contribution in [1.29, 1.82) is 0 Å². The molecule has 4 rings (SSSR count). The molecule has 2 aromatic carbocycles. The molecule has 1 saturated heterocycles. The maximum atomic E-state index is 13.4. The molecule has 5 heteroatoms. The number of benzene rings is 2. The van der Waals surface area contributed by atoms with E-state index in [1.54, 1.807) is 6.20 Å². The molecule has 3 aromatic rings. The number of anilines is 1. The molecule has 1 aliphatic heterocycles. The van der Waals surface area contributed by atoms with Gasteiger partial charge in [-0.1, -0.05) is 24.3 Å². The van der Waals surface area contributed by atoms with Crippen LogP contribution in [0.2, 0.25) is 0 Å². The molecule has 0 atom stereocenters. The normalized spacial score (nSPS) is 15.0. The standard InChI is InChI=1S/C25H27F2N3/c26-22-9-5-20(6-10-22)25(21-7-11-23(27)12-8-21)4-2-14-29-15-17-30(18-16-29)24-3-1-13-28-19-24/h1,3,5-13,19,25H,2,4,14-18H2. The number of rotatable bonds is 7. The molecule has 30 heavy (non-hydrogen) atoms. The summed E-state index contributed by atoms with van der Waals surface area (Å²) in [5, 5.41) is 0. The number of pyridine rings is 1. The van der Waals surface area contributed by atoms with Crippen LogP contribution >= 0.6 is 0 Å². The molecule has 2 heterocycles. The van der Waals surface area contributed by atoms with Crippen molar-refractivity contribution in [3.05, 3.63) is 95.8 Å². The summed E-state index contributed by atoms with van der Waals surface area (Å²) in [4.78, 5) is 9.09. The number of aromatic nitrogens is 1. The summed E-state index contributed by atoms with van der Waals surface area (Å²) in [7, 11) is 0. The Morgan fingerprint density at radius 3 is 1.93 bits per heavy atom. The van der Waals surface area contributed by atoms with E-state index in [0.29, 0.717) is 0 Å². The minimum Gasteiger partial charge on any atom is -0.368 e. The first-order valence-corrected chi connectivity index (χ1v) is 10.6. The largest absolute Gasteiger partial charge is 0.368 e. The van der Waals surface area contributed by atoms with Crippen molar-refractivity contribution in [3.63, 3.8) is 0 Å². The van der Waals surface area contributed by atoms with Crippen LogP contribution in [0.4, 0.5) is 14.5 Å². The van der Waals surface area contributed by atoms with Gasteiger partial charge in [-0.05, 0) is 66.9 Å². The average Bonchev–Trinajstić information content (AvgIpc) is 2.79. The van der Waals surface area contributed by atoms with Crippen molar-refractivity contribution < 1.29 is 8.78 Å². The van der Waals surface area contributed by atoms with Gasteiger partial charge in [-0.3, -0.25) is 9.88 Å². The van der Waals surface area contributed by atoms with Crippen molar-refractivity contribution >= 4 is 5.69 Å². The first-order chi connectivity index (χ1) is 14.7. The lowest BCUT2D eigenvalue weighted by molar-refractivity contribution is 0.251. The first kappa shape index (κ1) is 20.5. The van der Waals surface area contributed by atoms with Gasteiger partial charge in [-0.15, -0.1) is 0 Å². The monoisotopic (exact) mass is 407 g/mol. The van der Waals surface area contributed by atoms with Crippen LogP contribution in [0.1, 0.15) is 29.9 Å². The molecule has 1 fully saturated rings. The molecule has 0 aliphatic carbocycles. The van der Waals surface area contributed by atoms with Crippen LogP contribution < -0.4 is 4.90 Å². The van der Waals surface area contributed by atoms with Crippen LogP contribution in [0, 0.1) is 11.6 Å². The highest BCUT2D eigenvalue weighted by atomic mass is 19.1. The number of hydrogen-bond acceptors (Lipinski definition) is 3. The van der Waals surface area contributed by atoms with Gasteiger partial charge in [0.1, 0.15) is 11.6 Å². The minimum atomic E-state index is -0.233. The molecule has 0 radical (unpaired) electrons. The molecule has 0 saturated carbocycles. The fourth-order valence-electron chi connectivity index (χ4n) is 4.21. The topological polar surface area (TPSA) is 19.4 Å². The van der Waals surface area contributed by atoms with E-state index in [2.05, 4.69) is 20.9 Å². The zero-order chi connectivity index (χ0) is 20.8. The molecular formula is C25H27F2N3. The van der Waals surface area contributed by atoms with E-state index in [0.717, 1.165) is 56.7 Å². The van der Waals surface area contributed by atoms with Crippen LogP contribution in [0.25, 0.3) is 0 Å². The second-order valence-electron chi connectivity index (χ2n) is 7.84. The first-order valence-electron chi connectivity index (χ1n) is 10.6. The quantitative estimate of drug-likeness (QED) is 0.544. The van der Waals surface area contributed by atoms with Crippen LogP contribution in [0.15, 0.2) is 73.1 Å². The van der Waals surface area contributed by atoms with E-state index in [-0.39, 0.29) is 17.6 Å². The zero-order valence-electron chi connectivity index (χ0n) is 17.1. The number of nitrogens with zero attached hydrogens (tertiary/aromatic N) is 3. The van der Waals surface area contributed by atoms with Crippen LogP contribution in [-0.2, 0) is 0 Å². The van der Waals surface area contributed by atoms with Crippen molar-refractivity contribution in [2.45, 2.75) is 18.8 Å². The number of hydrogen-bond donors (Lipinski definition) is 0. The van der Waals surface area contributed by atoms with Gasteiger partial charge in [0, 0.05) is 38.3 Å². The van der Waals surface area contributed by atoms with Gasteiger partial charge < -0.3 is 4.90 Å². The summed E-state index contributed by atoms with van der Waals surface area (Å²) in [6.07, 6.45) is 5.70. The zero-order valence-corrected chi connectivity index (χ0v) is 17.1. The molecule has 1 aliphatic rings. The molecular weight excluding hydrogens is 380 g/mol. The van der Waals surface area contributed by atoms with Crippen molar-refractivity contribution in [1.82, 2.24) is 9.88 Å². The SMILES string of the molecule is Fc1ccc(C(CCCN2CCN(c3cccnc3)CC2)c2ccc(F)cc2)cc1. The molecule has 0 spiro atoms. The Morgan fingerprint density at radius 1 is 0.800 bits per heavy atom. The third kappa shape index (κ3) is 5.22. The second kappa shape index (κ2) is 9.81. The molecule has 0 amide bonds. The maximum Gasteiger partial charge on any atom is 0.123 e. The van der Waals surface area contributed by atoms with Gasteiger partial charge >= 0.3 is 0 Å². The van der Waals surface area contributed by atoms with Gasteiger partial charge in [-0.2, -0.15) is 0 Å². The van der Waals surface area contributed by atoms with Gasteiger partial charge in [0.25, 0.3) is 0 Å². The lowest BCUT2D eigenvalue weighted by atomic mass is 9.87. The van der Waals surface area contributed by atoms with Gasteiger partial charge in [-0.25, -0.2) is 8.78 Å². The highest BCUT2D eigenvalue weighted by Gasteiger charge is 2.19. The van der Waals surface area contributed by atoms with E-state index in [9.17, 15) is 8.78 Å². The molecule has 0 bridgehead atoms. The molecule has 0 unspecified atom stereocenters. The highest BCUT2D eigenvalue weighted by molar-refractivity contribution is 5.44. The fourth-order valence-corrected chi connectivity index (χ4v) is 4.21. The predicted octanol–water partition coefficient (Wildman–Crippen LogP) is 5.09. The summed E-state index contributed by atoms with van der Waals surface area (Å²) in [6, 6.07) is 17.5. The van der Waals surface area contributed by atoms with E-state index in [4.69, 9.17) is 0 Å². The smallest absolute Gasteiger partial charge is 0.123 e. The van der Waals surface area contributed by atoms with E-state index < -0.39 is 0 Å². The minimum absolute atomic E-state index is 0.142. The Balaban J connectivity index is 1.34. The maximum absolute atomic E-state index is 13.4. The van der Waals surface area contributed by atoms with Crippen molar-refractivity contribution in [3.8, 4) is 0 Å². The Morgan fingerprint density at radius 2 is 1.40 bits per heavy atom. The Kier molecular flexibility index (Phi) is 6.70. The summed E-state index contributed by atoms with van der Waals surface area (Å²) >= 11 is 0. The summed E-state index contributed by atoms with van der Waals surface area (Å²) < 4.78 is 26.8. The molecule has 3 nitrogen and oxygen atoms in total. The third-order valence-electron chi connectivity index (χ3n) is 5.90. The third-order valence-corrected chi connectivity index (χ3v) is 5.90. The highest BCUT2D eigenvalue weighted by Crippen LogP contribution is 2.30. The van der Waals surface area contributed by atoms with Gasteiger partial charge in [0.05, 0.1) is 11.9 Å². The van der Waals surface area contributed by atoms with Crippen molar-refractivity contribution in [2.24, 2.45) is 0 Å². The summed E-state index contributed by atoms with van der Waals surface area (Å²) in [6.45, 7) is 5.11. The van der Waals surface area contributed by atoms with Gasteiger partial charge in [0.2, 0.25) is 0 Å². The Labute approximate surface area is 177 Å². The second-order valence-corrected chi connectivity index (χ2v) is 7.84. The lowest BCUT2D eigenvalue weighted by Gasteiger charge is -2.36.